The average molecular weight is 332 g/mol. The summed E-state index contributed by atoms with van der Waals surface area (Å²) in [6, 6.07) is 20.8. The van der Waals surface area contributed by atoms with E-state index in [2.05, 4.69) is 53.5 Å². The summed E-state index contributed by atoms with van der Waals surface area (Å²) >= 11 is -2.44. The van der Waals surface area contributed by atoms with Gasteiger partial charge in [-0.3, -0.25) is 0 Å². The minimum atomic E-state index is -2.44. The molecule has 0 N–H and O–H groups in total. The second kappa shape index (κ2) is 4.54. The predicted octanol–water partition coefficient (Wildman–Crippen LogP) is 0.670. The topological polar surface area (TPSA) is 0 Å². The molecule has 0 fully saturated rings. The van der Waals surface area contributed by atoms with Gasteiger partial charge in [0.15, 0.2) is 0 Å². The van der Waals surface area contributed by atoms with Gasteiger partial charge in [0.1, 0.15) is 0 Å². The molecule has 0 amide bonds. The molecule has 0 bridgehead atoms. The van der Waals surface area contributed by atoms with Gasteiger partial charge in [-0.25, -0.2) is 0 Å². The van der Waals surface area contributed by atoms with Gasteiger partial charge in [-0.05, 0) is 0 Å². The van der Waals surface area contributed by atoms with Crippen LogP contribution in [0.5, 0.6) is 0 Å². The number of benzene rings is 2. The third-order valence-electron chi connectivity index (χ3n) is 2.29. The molecule has 0 saturated heterocycles. The summed E-state index contributed by atoms with van der Waals surface area (Å²) in [5.74, 6) is 0. The van der Waals surface area contributed by atoms with Crippen LogP contribution in [0.4, 0.5) is 0 Å². The van der Waals surface area contributed by atoms with Crippen molar-refractivity contribution in [3.8, 4) is 0 Å². The van der Waals surface area contributed by atoms with E-state index in [9.17, 15) is 0 Å². The Balaban J connectivity index is 2.44. The zero-order valence-corrected chi connectivity index (χ0v) is 11.4. The molecule has 2 heteroatoms. The standard InChI is InChI=1S/C13H13ClI/c1-15(14,12-8-4-2-5-9-12)13-10-6-3-7-11-13/h2-11H,1H3/q-1. The monoisotopic (exact) mass is 331 g/mol. The molecule has 0 aliphatic heterocycles. The van der Waals surface area contributed by atoms with Gasteiger partial charge in [-0.2, -0.15) is 0 Å². The van der Waals surface area contributed by atoms with Crippen LogP contribution < -0.4 is 17.3 Å². The van der Waals surface area contributed by atoms with E-state index < -0.39 is 17.3 Å². The SMILES string of the molecule is C[I-](Cl)(c1ccccc1)c1ccccc1. The van der Waals surface area contributed by atoms with E-state index >= 15 is 0 Å². The molecule has 0 atom stereocenters. The Hall–Kier alpha value is -0.540. The van der Waals surface area contributed by atoms with Gasteiger partial charge in [-0.15, -0.1) is 0 Å². The van der Waals surface area contributed by atoms with Crippen LogP contribution in [0, 0.1) is 7.14 Å². The van der Waals surface area contributed by atoms with Crippen molar-refractivity contribution in [2.75, 3.05) is 4.93 Å². The number of rotatable bonds is 2. The Bertz CT molecular complexity index is 381. The minimum absolute atomic E-state index is 1.30. The van der Waals surface area contributed by atoms with Crippen LogP contribution in [0.1, 0.15) is 0 Å². The van der Waals surface area contributed by atoms with Crippen molar-refractivity contribution < 1.29 is 17.3 Å². The molecule has 0 aliphatic carbocycles. The van der Waals surface area contributed by atoms with Crippen LogP contribution in [0.3, 0.4) is 0 Å². The van der Waals surface area contributed by atoms with Crippen LogP contribution >= 0.6 is 8.91 Å². The molecule has 0 heterocycles. The molecule has 0 aliphatic rings. The van der Waals surface area contributed by atoms with Crippen molar-refractivity contribution in [1.82, 2.24) is 0 Å². The van der Waals surface area contributed by atoms with E-state index in [1.807, 2.05) is 12.1 Å². The van der Waals surface area contributed by atoms with E-state index in [1.54, 1.807) is 0 Å². The van der Waals surface area contributed by atoms with Crippen molar-refractivity contribution in [2.45, 2.75) is 0 Å². The number of hydrogen-bond donors (Lipinski definition) is 0. The van der Waals surface area contributed by atoms with E-state index in [4.69, 9.17) is 8.91 Å². The van der Waals surface area contributed by atoms with Gasteiger partial charge in [-0.1, -0.05) is 0 Å². The Labute approximate surface area is 98.5 Å². The number of alkyl halides is 1. The summed E-state index contributed by atoms with van der Waals surface area (Å²) < 4.78 is 2.61. The molecule has 80 valence electrons. The van der Waals surface area contributed by atoms with Crippen LogP contribution in [-0.2, 0) is 0 Å². The van der Waals surface area contributed by atoms with Crippen molar-refractivity contribution in [3.05, 3.63) is 67.8 Å². The van der Waals surface area contributed by atoms with Gasteiger partial charge in [0.2, 0.25) is 0 Å². The fourth-order valence-corrected chi connectivity index (χ4v) is 6.96. The van der Waals surface area contributed by atoms with Gasteiger partial charge in [0, 0.05) is 0 Å². The van der Waals surface area contributed by atoms with E-state index in [1.165, 1.54) is 7.14 Å². The predicted molar refractivity (Wildman–Crippen MR) is 62.1 cm³/mol. The third kappa shape index (κ3) is 2.34. The Kier molecular flexibility index (Phi) is 3.32. The van der Waals surface area contributed by atoms with Gasteiger partial charge in [0.25, 0.3) is 0 Å². The third-order valence-corrected chi connectivity index (χ3v) is 10.6. The zero-order valence-electron chi connectivity index (χ0n) is 8.53. The zero-order chi connectivity index (χ0) is 10.7. The van der Waals surface area contributed by atoms with Crippen molar-refractivity contribution in [3.63, 3.8) is 0 Å². The first kappa shape index (κ1) is 11.0. The molecule has 0 nitrogen and oxygen atoms in total. The van der Waals surface area contributed by atoms with Crippen molar-refractivity contribution >= 4 is 8.91 Å². The molecule has 0 aromatic heterocycles. The summed E-state index contributed by atoms with van der Waals surface area (Å²) in [7, 11) is 6.77. The van der Waals surface area contributed by atoms with Gasteiger partial charge in [0.05, 0.1) is 0 Å². The molecule has 2 rings (SSSR count). The second-order valence-electron chi connectivity index (χ2n) is 3.35. The molecule has 15 heavy (non-hydrogen) atoms. The Morgan fingerprint density at radius 1 is 0.733 bits per heavy atom. The van der Waals surface area contributed by atoms with Crippen LogP contribution in [0.2, 0.25) is 0 Å². The fraction of sp³-hybridized carbons (Fsp3) is 0.0769. The first-order valence-corrected chi connectivity index (χ1v) is 11.8. The summed E-state index contributed by atoms with van der Waals surface area (Å²) in [5, 5.41) is 0. The summed E-state index contributed by atoms with van der Waals surface area (Å²) in [5.41, 5.74) is 0. The first-order valence-electron chi connectivity index (χ1n) is 4.72. The average Bonchev–Trinajstić information content (AvgIpc) is 2.31. The number of hydrogen-bond acceptors (Lipinski definition) is 0. The molecule has 0 spiro atoms. The molecular weight excluding hydrogens is 319 g/mol. The molecule has 0 saturated carbocycles. The normalized spacial score (nSPS) is 12.4. The maximum atomic E-state index is 6.77. The van der Waals surface area contributed by atoms with Crippen molar-refractivity contribution in [1.29, 1.82) is 0 Å². The van der Waals surface area contributed by atoms with E-state index in [0.29, 0.717) is 0 Å². The van der Waals surface area contributed by atoms with E-state index in [0.717, 1.165) is 0 Å². The molecule has 0 radical (unpaired) electrons. The molecule has 2 aromatic carbocycles. The molecule has 0 unspecified atom stereocenters. The van der Waals surface area contributed by atoms with Crippen LogP contribution in [0.15, 0.2) is 60.7 Å². The Morgan fingerprint density at radius 3 is 1.40 bits per heavy atom. The number of halogens is 2. The second-order valence-corrected chi connectivity index (χ2v) is 14.0. The summed E-state index contributed by atoms with van der Waals surface area (Å²) in [6.45, 7) is 0. The quantitative estimate of drug-likeness (QED) is 0.560. The molecular formula is C13H13ClI-. The van der Waals surface area contributed by atoms with Crippen molar-refractivity contribution in [2.24, 2.45) is 0 Å². The molecule has 2 aromatic rings. The maximum absolute atomic E-state index is 6.77. The van der Waals surface area contributed by atoms with Crippen LogP contribution in [-0.4, -0.2) is 4.93 Å². The Morgan fingerprint density at radius 2 is 1.07 bits per heavy atom. The summed E-state index contributed by atoms with van der Waals surface area (Å²) in [6.07, 6.45) is 0. The fourth-order valence-electron chi connectivity index (χ4n) is 1.43. The first-order chi connectivity index (χ1) is 7.21. The summed E-state index contributed by atoms with van der Waals surface area (Å²) in [4.78, 5) is 2.21. The van der Waals surface area contributed by atoms with Gasteiger partial charge >= 0.3 is 98.9 Å². The van der Waals surface area contributed by atoms with Crippen LogP contribution in [0.25, 0.3) is 0 Å². The van der Waals surface area contributed by atoms with Gasteiger partial charge < -0.3 is 0 Å². The van der Waals surface area contributed by atoms with E-state index in [-0.39, 0.29) is 0 Å².